The van der Waals surface area contributed by atoms with Gasteiger partial charge >= 0.3 is 0 Å². The van der Waals surface area contributed by atoms with Crippen molar-refractivity contribution in [3.05, 3.63) is 11.7 Å². The summed E-state index contributed by atoms with van der Waals surface area (Å²) in [6.45, 7) is 4.84. The van der Waals surface area contributed by atoms with E-state index >= 15 is 0 Å². The van der Waals surface area contributed by atoms with E-state index in [1.807, 2.05) is 13.8 Å². The van der Waals surface area contributed by atoms with Crippen LogP contribution in [0.1, 0.15) is 51.1 Å². The van der Waals surface area contributed by atoms with E-state index in [2.05, 4.69) is 10.1 Å². The van der Waals surface area contributed by atoms with Gasteiger partial charge in [0.15, 0.2) is 0 Å². The van der Waals surface area contributed by atoms with Gasteiger partial charge in [-0.2, -0.15) is 4.98 Å². The molecule has 1 aromatic rings. The van der Waals surface area contributed by atoms with E-state index < -0.39 is 6.29 Å². The lowest BCUT2D eigenvalue weighted by atomic mass is 9.79. The van der Waals surface area contributed by atoms with Crippen molar-refractivity contribution < 1.29 is 18.7 Å². The van der Waals surface area contributed by atoms with E-state index in [-0.39, 0.29) is 5.60 Å². The van der Waals surface area contributed by atoms with Crippen LogP contribution >= 0.6 is 0 Å². The van der Waals surface area contributed by atoms with E-state index in [4.69, 9.17) is 18.7 Å². The van der Waals surface area contributed by atoms with E-state index in [0.717, 1.165) is 19.3 Å². The van der Waals surface area contributed by atoms with E-state index in [1.54, 1.807) is 7.11 Å². The smallest absolute Gasteiger partial charge is 0.283 e. The Bertz CT molecular complexity index is 364. The van der Waals surface area contributed by atoms with Crippen LogP contribution in [0, 0.1) is 0 Å². The van der Waals surface area contributed by atoms with Crippen molar-refractivity contribution in [2.24, 2.45) is 0 Å². The number of nitrogens with zero attached hydrogens (tertiary/aromatic N) is 2. The highest BCUT2D eigenvalue weighted by molar-refractivity contribution is 5.06. The Morgan fingerprint density at radius 3 is 2.39 bits per heavy atom. The van der Waals surface area contributed by atoms with Crippen molar-refractivity contribution in [1.29, 1.82) is 0 Å². The third-order valence-electron chi connectivity index (χ3n) is 3.24. The van der Waals surface area contributed by atoms with Crippen molar-refractivity contribution in [2.45, 2.75) is 45.0 Å². The average molecular weight is 256 g/mol. The SMILES string of the molecule is CCOC(OCC)c1nc(C2(OC)CCC2)no1. The second-order valence-electron chi connectivity index (χ2n) is 4.25. The molecule has 0 spiro atoms. The molecule has 1 aliphatic carbocycles. The van der Waals surface area contributed by atoms with Crippen LogP contribution in [-0.4, -0.2) is 30.5 Å². The van der Waals surface area contributed by atoms with Crippen molar-refractivity contribution in [3.8, 4) is 0 Å². The van der Waals surface area contributed by atoms with E-state index in [0.29, 0.717) is 24.9 Å². The Kier molecular flexibility index (Phi) is 4.31. The number of aromatic nitrogens is 2. The van der Waals surface area contributed by atoms with Gasteiger partial charge in [0.1, 0.15) is 5.60 Å². The largest absolute Gasteiger partial charge is 0.370 e. The van der Waals surface area contributed by atoms with Gasteiger partial charge in [0.05, 0.1) is 0 Å². The highest BCUT2D eigenvalue weighted by Crippen LogP contribution is 2.43. The summed E-state index contributed by atoms with van der Waals surface area (Å²) in [7, 11) is 1.68. The van der Waals surface area contributed by atoms with Crippen molar-refractivity contribution in [3.63, 3.8) is 0 Å². The van der Waals surface area contributed by atoms with Crippen LogP contribution in [0.3, 0.4) is 0 Å². The lowest BCUT2D eigenvalue weighted by Gasteiger charge is -2.37. The lowest BCUT2D eigenvalue weighted by Crippen LogP contribution is -2.37. The molecule has 1 heterocycles. The molecule has 1 aromatic heterocycles. The zero-order chi connectivity index (χ0) is 13.0. The van der Waals surface area contributed by atoms with Crippen molar-refractivity contribution in [1.82, 2.24) is 10.1 Å². The minimum absolute atomic E-state index is 0.358. The second-order valence-corrected chi connectivity index (χ2v) is 4.25. The zero-order valence-corrected chi connectivity index (χ0v) is 11.1. The highest BCUT2D eigenvalue weighted by atomic mass is 16.7. The molecule has 102 valence electrons. The molecule has 0 aliphatic heterocycles. The van der Waals surface area contributed by atoms with Crippen LogP contribution in [-0.2, 0) is 19.8 Å². The molecule has 0 atom stereocenters. The summed E-state index contributed by atoms with van der Waals surface area (Å²) in [5.74, 6) is 0.952. The summed E-state index contributed by atoms with van der Waals surface area (Å²) >= 11 is 0. The first kappa shape index (κ1) is 13.5. The van der Waals surface area contributed by atoms with Gasteiger partial charge < -0.3 is 18.7 Å². The molecular weight excluding hydrogens is 236 g/mol. The molecule has 0 amide bonds. The van der Waals surface area contributed by atoms with Crippen LogP contribution in [0.4, 0.5) is 0 Å². The number of rotatable bonds is 7. The van der Waals surface area contributed by atoms with Crippen LogP contribution in [0.25, 0.3) is 0 Å². The summed E-state index contributed by atoms with van der Waals surface area (Å²) in [6.07, 6.45) is 2.39. The molecule has 0 N–H and O–H groups in total. The third kappa shape index (κ3) is 2.41. The summed E-state index contributed by atoms with van der Waals surface area (Å²) < 4.78 is 21.6. The topological polar surface area (TPSA) is 66.6 Å². The summed E-state index contributed by atoms with van der Waals surface area (Å²) in [5.41, 5.74) is -0.370. The van der Waals surface area contributed by atoms with Crippen LogP contribution in [0.15, 0.2) is 4.52 Å². The van der Waals surface area contributed by atoms with Crippen LogP contribution < -0.4 is 0 Å². The molecule has 0 aromatic carbocycles. The van der Waals surface area contributed by atoms with Gasteiger partial charge in [0.2, 0.25) is 12.1 Å². The number of hydrogen-bond acceptors (Lipinski definition) is 6. The fourth-order valence-corrected chi connectivity index (χ4v) is 2.03. The van der Waals surface area contributed by atoms with Gasteiger partial charge in [-0.05, 0) is 33.1 Å². The average Bonchev–Trinajstić information content (AvgIpc) is 2.78. The first-order chi connectivity index (χ1) is 8.75. The van der Waals surface area contributed by atoms with Crippen LogP contribution in [0.5, 0.6) is 0 Å². The molecule has 18 heavy (non-hydrogen) atoms. The molecule has 0 bridgehead atoms. The van der Waals surface area contributed by atoms with Gasteiger partial charge in [0.25, 0.3) is 5.89 Å². The van der Waals surface area contributed by atoms with Gasteiger partial charge in [0, 0.05) is 20.3 Å². The van der Waals surface area contributed by atoms with Crippen LogP contribution in [0.2, 0.25) is 0 Å². The maximum Gasteiger partial charge on any atom is 0.283 e. The Hall–Kier alpha value is -0.980. The molecule has 6 nitrogen and oxygen atoms in total. The first-order valence-electron chi connectivity index (χ1n) is 6.38. The maximum absolute atomic E-state index is 5.51. The molecule has 1 fully saturated rings. The standard InChI is InChI=1S/C12H20N2O4/c1-4-16-10(17-5-2)9-13-11(14-18-9)12(15-3)7-6-8-12/h10H,4-8H2,1-3H3. The summed E-state index contributed by atoms with van der Waals surface area (Å²) in [6, 6.07) is 0. The Morgan fingerprint density at radius 2 is 1.94 bits per heavy atom. The Balaban J connectivity index is 2.12. The molecule has 0 saturated heterocycles. The third-order valence-corrected chi connectivity index (χ3v) is 3.24. The first-order valence-corrected chi connectivity index (χ1v) is 6.38. The van der Waals surface area contributed by atoms with E-state index in [9.17, 15) is 0 Å². The molecule has 1 aliphatic rings. The molecule has 2 rings (SSSR count). The maximum atomic E-state index is 5.51. The summed E-state index contributed by atoms with van der Waals surface area (Å²) in [5, 5.41) is 4.00. The molecule has 0 radical (unpaired) electrons. The van der Waals surface area contributed by atoms with Gasteiger partial charge in [-0.3, -0.25) is 0 Å². The van der Waals surface area contributed by atoms with Crippen molar-refractivity contribution >= 4 is 0 Å². The Labute approximate surface area is 107 Å². The molecule has 1 saturated carbocycles. The van der Waals surface area contributed by atoms with E-state index in [1.165, 1.54) is 0 Å². The predicted molar refractivity (Wildman–Crippen MR) is 62.8 cm³/mol. The van der Waals surface area contributed by atoms with Gasteiger partial charge in [-0.15, -0.1) is 0 Å². The minimum Gasteiger partial charge on any atom is -0.370 e. The fourth-order valence-electron chi connectivity index (χ4n) is 2.03. The van der Waals surface area contributed by atoms with Gasteiger partial charge in [-0.25, -0.2) is 0 Å². The fraction of sp³-hybridized carbons (Fsp3) is 0.833. The Morgan fingerprint density at radius 1 is 1.28 bits per heavy atom. The molecule has 6 heteroatoms. The second kappa shape index (κ2) is 5.77. The highest BCUT2D eigenvalue weighted by Gasteiger charge is 2.43. The quantitative estimate of drug-likeness (QED) is 0.696. The monoisotopic (exact) mass is 256 g/mol. The molecular formula is C12H20N2O4. The van der Waals surface area contributed by atoms with Gasteiger partial charge in [-0.1, -0.05) is 5.16 Å². The molecule has 0 unspecified atom stereocenters. The predicted octanol–water partition coefficient (Wildman–Crippen LogP) is 2.17. The minimum atomic E-state index is -0.588. The number of methoxy groups -OCH3 is 1. The normalized spacial score (nSPS) is 18.0. The zero-order valence-electron chi connectivity index (χ0n) is 11.1. The summed E-state index contributed by atoms with van der Waals surface area (Å²) in [4.78, 5) is 4.36. The number of hydrogen-bond donors (Lipinski definition) is 0. The lowest BCUT2D eigenvalue weighted by molar-refractivity contribution is -0.155. The number of ether oxygens (including phenoxy) is 3. The van der Waals surface area contributed by atoms with Crippen molar-refractivity contribution in [2.75, 3.05) is 20.3 Å².